The summed E-state index contributed by atoms with van der Waals surface area (Å²) < 4.78 is 11.0. The van der Waals surface area contributed by atoms with Gasteiger partial charge < -0.3 is 40.7 Å². The Morgan fingerprint density at radius 3 is 2.06 bits per heavy atom. The minimum atomic E-state index is -1.18. The molecule has 1 aliphatic rings. The number of nitrogens with one attached hydrogen (secondary N) is 2. The van der Waals surface area contributed by atoms with Gasteiger partial charge in [0.15, 0.2) is 0 Å². The predicted octanol–water partition coefficient (Wildman–Crippen LogP) is 3.20. The third-order valence-electron chi connectivity index (χ3n) is 10.6. The molecule has 0 saturated carbocycles. The lowest BCUT2D eigenvalue weighted by molar-refractivity contribution is -0.147. The van der Waals surface area contributed by atoms with E-state index in [2.05, 4.69) is 10.6 Å². The number of nitrogens with two attached hydrogens (primary N) is 1. The van der Waals surface area contributed by atoms with Crippen molar-refractivity contribution in [3.05, 3.63) is 29.8 Å². The lowest BCUT2D eigenvalue weighted by Gasteiger charge is -2.41. The molecule has 6 unspecified atom stereocenters. The molecule has 54 heavy (non-hydrogen) atoms. The second kappa shape index (κ2) is 21.9. The lowest BCUT2D eigenvalue weighted by Crippen LogP contribution is -2.59. The molecular weight excluding hydrogens is 807 g/mol. The summed E-state index contributed by atoms with van der Waals surface area (Å²) in [4.78, 5) is 72.6. The molecular formula is C39H65IN6O8. The molecule has 1 aliphatic heterocycles. The molecule has 1 heterocycles. The summed E-state index contributed by atoms with van der Waals surface area (Å²) in [5, 5.41) is 15.6. The quantitative estimate of drug-likeness (QED) is 0.0814. The fourth-order valence-corrected chi connectivity index (χ4v) is 8.48. The number of nitrogen functional groups attached to an aromatic ring is 1. The van der Waals surface area contributed by atoms with Crippen LogP contribution in [0, 0.1) is 17.8 Å². The van der Waals surface area contributed by atoms with E-state index in [1.165, 1.54) is 14.2 Å². The van der Waals surface area contributed by atoms with E-state index in [-0.39, 0.29) is 48.3 Å². The van der Waals surface area contributed by atoms with Gasteiger partial charge in [-0.05, 0) is 62.4 Å². The van der Waals surface area contributed by atoms with E-state index in [1.807, 2.05) is 83.1 Å². The number of benzene rings is 1. The Balaban J connectivity index is 2.27. The third-order valence-corrected chi connectivity index (χ3v) is 11.9. The number of alkyl halides is 1. The van der Waals surface area contributed by atoms with Gasteiger partial charge in [0, 0.05) is 39.9 Å². The first-order chi connectivity index (χ1) is 25.3. The van der Waals surface area contributed by atoms with Crippen LogP contribution in [0.1, 0.15) is 72.8 Å². The minimum Gasteiger partial charge on any atom is -0.480 e. The Kier molecular flexibility index (Phi) is 19.1. The SMILES string of the molecule is CCC(C)C(C(CC(=O)N1CCC[C@H]1C(OC)C(I)C(=O)N[C@@H](Cc1ccc(N)cc1)C(=O)O)OC)N(C)C(=O)[C@@H](NC(=O)C(C(C)C)N(C)C)C(C)C. The highest BCUT2D eigenvalue weighted by Crippen LogP contribution is 2.30. The first-order valence-electron chi connectivity index (χ1n) is 18.9. The van der Waals surface area contributed by atoms with Crippen LogP contribution >= 0.6 is 22.6 Å². The first kappa shape index (κ1) is 47.1. The molecule has 0 bridgehead atoms. The summed E-state index contributed by atoms with van der Waals surface area (Å²) in [6, 6.07) is 3.50. The van der Waals surface area contributed by atoms with Crippen molar-refractivity contribution in [3.8, 4) is 0 Å². The van der Waals surface area contributed by atoms with Crippen LogP contribution in [0.3, 0.4) is 0 Å². The summed E-state index contributed by atoms with van der Waals surface area (Å²) in [5.74, 6) is -2.57. The van der Waals surface area contributed by atoms with Crippen LogP contribution in [0.4, 0.5) is 5.69 Å². The summed E-state index contributed by atoms with van der Waals surface area (Å²) >= 11 is 1.96. The van der Waals surface area contributed by atoms with E-state index in [0.717, 1.165) is 0 Å². The molecule has 0 radical (unpaired) electrons. The summed E-state index contributed by atoms with van der Waals surface area (Å²) in [5.41, 5.74) is 7.03. The molecule has 15 heteroatoms. The Hall–Kier alpha value is -3.02. The Morgan fingerprint density at radius 2 is 1.57 bits per heavy atom. The number of carbonyl (C=O) groups excluding carboxylic acids is 4. The van der Waals surface area contributed by atoms with E-state index in [1.54, 1.807) is 41.1 Å². The van der Waals surface area contributed by atoms with Crippen molar-refractivity contribution in [1.82, 2.24) is 25.3 Å². The monoisotopic (exact) mass is 872 g/mol. The molecule has 9 atom stereocenters. The molecule has 1 fully saturated rings. The fourth-order valence-electron chi connectivity index (χ4n) is 7.53. The maximum Gasteiger partial charge on any atom is 0.326 e. The number of likely N-dealkylation sites (N-methyl/N-ethyl adjacent to an activating group) is 2. The third kappa shape index (κ3) is 12.5. The number of methoxy groups -OCH3 is 2. The number of rotatable bonds is 21. The number of carboxylic acid groups (broad SMARTS) is 1. The number of ether oxygens (including phenoxy) is 2. The second-order valence-electron chi connectivity index (χ2n) is 15.4. The average Bonchev–Trinajstić information content (AvgIpc) is 3.59. The topological polar surface area (TPSA) is 184 Å². The Labute approximate surface area is 335 Å². The van der Waals surface area contributed by atoms with Gasteiger partial charge in [0.25, 0.3) is 0 Å². The highest BCUT2D eigenvalue weighted by Gasteiger charge is 2.44. The highest BCUT2D eigenvalue weighted by atomic mass is 127. The number of nitrogens with zero attached hydrogens (tertiary/aromatic N) is 3. The molecule has 14 nitrogen and oxygen atoms in total. The van der Waals surface area contributed by atoms with Crippen LogP contribution in [0.5, 0.6) is 0 Å². The Morgan fingerprint density at radius 1 is 0.963 bits per heavy atom. The molecule has 4 amide bonds. The normalized spacial score (nSPS) is 19.1. The van der Waals surface area contributed by atoms with Crippen LogP contribution in [-0.2, 0) is 39.9 Å². The Bertz CT molecular complexity index is 1390. The number of anilines is 1. The summed E-state index contributed by atoms with van der Waals surface area (Å²) in [6.07, 6.45) is 0.668. The minimum absolute atomic E-state index is 0.0222. The van der Waals surface area contributed by atoms with Crippen LogP contribution in [0.25, 0.3) is 0 Å². The molecule has 306 valence electrons. The van der Waals surface area contributed by atoms with Crippen molar-refractivity contribution in [2.45, 2.75) is 120 Å². The number of carbonyl (C=O) groups is 5. The van der Waals surface area contributed by atoms with Gasteiger partial charge in [-0.2, -0.15) is 0 Å². The van der Waals surface area contributed by atoms with Crippen molar-refractivity contribution >= 4 is 57.9 Å². The van der Waals surface area contributed by atoms with E-state index in [9.17, 15) is 29.1 Å². The highest BCUT2D eigenvalue weighted by molar-refractivity contribution is 14.1. The van der Waals surface area contributed by atoms with Gasteiger partial charge in [-0.25, -0.2) is 4.79 Å². The number of likely N-dealkylation sites (tertiary alicyclic amines) is 1. The predicted molar refractivity (Wildman–Crippen MR) is 218 cm³/mol. The van der Waals surface area contributed by atoms with Crippen molar-refractivity contribution in [1.29, 1.82) is 0 Å². The van der Waals surface area contributed by atoms with Crippen molar-refractivity contribution in [2.24, 2.45) is 17.8 Å². The zero-order valence-electron chi connectivity index (χ0n) is 34.0. The van der Waals surface area contributed by atoms with Crippen LogP contribution < -0.4 is 16.4 Å². The van der Waals surface area contributed by atoms with Gasteiger partial charge in [-0.1, -0.05) is 82.7 Å². The molecule has 1 aromatic rings. The van der Waals surface area contributed by atoms with Crippen molar-refractivity contribution in [3.63, 3.8) is 0 Å². The molecule has 0 aromatic heterocycles. The zero-order chi connectivity index (χ0) is 41.0. The molecule has 0 aliphatic carbocycles. The number of hydrogen-bond acceptors (Lipinski definition) is 9. The smallest absolute Gasteiger partial charge is 0.326 e. The maximum absolute atomic E-state index is 14.2. The standard InChI is InChI=1S/C39H65IN6O8/c1-12-24(6)34(45(9)38(50)32(22(2)3)43-37(49)33(23(4)5)44(7)8)29(53-10)21-30(47)46-19-13-14-28(46)35(54-11)31(40)36(48)42-27(39(51)52)20-25-15-17-26(41)18-16-25/h15-18,22-24,27-29,31-35H,12-14,19-21,41H2,1-11H3,(H,42,48)(H,43,49)(H,51,52)/t24?,27-,28-,29?,31?,32-,33?,34?,35?/m0/s1. The largest absolute Gasteiger partial charge is 0.480 e. The first-order valence-corrected chi connectivity index (χ1v) is 20.2. The van der Waals surface area contributed by atoms with E-state index < -0.39 is 58.2 Å². The number of amides is 4. The van der Waals surface area contributed by atoms with E-state index >= 15 is 0 Å². The van der Waals surface area contributed by atoms with Crippen molar-refractivity contribution in [2.75, 3.05) is 47.6 Å². The zero-order valence-corrected chi connectivity index (χ0v) is 36.2. The van der Waals surface area contributed by atoms with Crippen LogP contribution in [-0.4, -0.2) is 138 Å². The van der Waals surface area contributed by atoms with Gasteiger partial charge in [0.1, 0.15) is 16.0 Å². The second-order valence-corrected chi connectivity index (χ2v) is 16.8. The molecule has 1 aromatic carbocycles. The van der Waals surface area contributed by atoms with Gasteiger partial charge in [0.2, 0.25) is 23.6 Å². The molecule has 0 spiro atoms. The van der Waals surface area contributed by atoms with Crippen LogP contribution in [0.15, 0.2) is 24.3 Å². The lowest BCUT2D eigenvalue weighted by atomic mass is 9.89. The van der Waals surface area contributed by atoms with E-state index in [4.69, 9.17) is 15.2 Å². The van der Waals surface area contributed by atoms with Gasteiger partial charge in [-0.15, -0.1) is 0 Å². The number of hydrogen-bond donors (Lipinski definition) is 4. The van der Waals surface area contributed by atoms with Gasteiger partial charge >= 0.3 is 5.97 Å². The maximum atomic E-state index is 14.2. The fraction of sp³-hybridized carbons (Fsp3) is 0.718. The van der Waals surface area contributed by atoms with Crippen molar-refractivity contribution < 1.29 is 38.6 Å². The van der Waals surface area contributed by atoms with E-state index in [0.29, 0.717) is 37.1 Å². The van der Waals surface area contributed by atoms with Crippen LogP contribution in [0.2, 0.25) is 0 Å². The summed E-state index contributed by atoms with van der Waals surface area (Å²) in [7, 11) is 8.41. The molecule has 2 rings (SSSR count). The summed E-state index contributed by atoms with van der Waals surface area (Å²) in [6.45, 7) is 12.2. The van der Waals surface area contributed by atoms with Gasteiger partial charge in [0.05, 0.1) is 36.8 Å². The molecule has 5 N–H and O–H groups in total. The number of aliphatic carboxylic acids is 1. The average molecular weight is 873 g/mol. The number of halogens is 1. The van der Waals surface area contributed by atoms with Gasteiger partial charge in [-0.3, -0.25) is 24.1 Å². The number of carboxylic acids is 1. The molecule has 1 saturated heterocycles.